The maximum absolute atomic E-state index is 5.93. The first-order valence-corrected chi connectivity index (χ1v) is 32.1. The average molecular weight is 1160 g/mol. The average Bonchev–Trinajstić information content (AvgIpc) is 1.60. The van der Waals surface area contributed by atoms with Crippen molar-refractivity contribution in [3.05, 3.63) is 303 Å². The van der Waals surface area contributed by atoms with Gasteiger partial charge in [0.2, 0.25) is 17.5 Å². The number of imidazole rings is 4. The molecule has 0 amide bonds. The molecule has 7 aromatic heterocycles. The van der Waals surface area contributed by atoms with Gasteiger partial charge in [0, 0.05) is 44.5 Å². The van der Waals surface area contributed by atoms with Crippen LogP contribution in [0.15, 0.2) is 303 Å². The number of aromatic nitrogens is 10. The fourth-order valence-electron chi connectivity index (χ4n) is 14.7. The molecule has 0 aliphatic carbocycles. The summed E-state index contributed by atoms with van der Waals surface area (Å²) in [5.41, 5.74) is 15.7. The molecule has 0 unspecified atom stereocenters. The molecule has 0 aliphatic rings. The highest BCUT2D eigenvalue weighted by atomic mass is 28.3. The fraction of sp³-hybridized carbons (Fsp3) is 0. The first kappa shape index (κ1) is 49.3. The van der Waals surface area contributed by atoms with Gasteiger partial charge in [0.25, 0.3) is 0 Å². The van der Waals surface area contributed by atoms with E-state index in [1.165, 1.54) is 20.7 Å². The fourth-order valence-corrected chi connectivity index (χ4v) is 19.5. The second kappa shape index (κ2) is 19.0. The molecule has 10 nitrogen and oxygen atoms in total. The maximum atomic E-state index is 5.93. The summed E-state index contributed by atoms with van der Waals surface area (Å²) in [6, 6.07) is 109. The van der Waals surface area contributed by atoms with Crippen molar-refractivity contribution < 1.29 is 0 Å². The van der Waals surface area contributed by atoms with Crippen LogP contribution in [0.4, 0.5) is 0 Å². The molecule has 0 atom stereocenters. The molecular formula is C78H50N10Si. The van der Waals surface area contributed by atoms with Gasteiger partial charge in [0.05, 0.1) is 60.9 Å². The zero-order valence-corrected chi connectivity index (χ0v) is 48.8. The molecule has 12 aromatic carbocycles. The lowest BCUT2D eigenvalue weighted by molar-refractivity contribution is 0.953. The molecule has 19 aromatic rings. The Morgan fingerprint density at radius 1 is 0.258 bits per heavy atom. The monoisotopic (exact) mass is 1150 g/mol. The molecule has 0 aliphatic heterocycles. The van der Waals surface area contributed by atoms with E-state index in [0.717, 1.165) is 122 Å². The van der Waals surface area contributed by atoms with E-state index in [-0.39, 0.29) is 0 Å². The summed E-state index contributed by atoms with van der Waals surface area (Å²) >= 11 is 0. The molecule has 89 heavy (non-hydrogen) atoms. The van der Waals surface area contributed by atoms with Crippen LogP contribution in [-0.2, 0) is 0 Å². The molecule has 19 rings (SSSR count). The number of hydrogen-bond acceptors (Lipinski definition) is 4. The van der Waals surface area contributed by atoms with Crippen LogP contribution >= 0.6 is 0 Å². The van der Waals surface area contributed by atoms with E-state index < -0.39 is 8.07 Å². The van der Waals surface area contributed by atoms with Gasteiger partial charge >= 0.3 is 0 Å². The minimum absolute atomic E-state index is 0.516. The first-order chi connectivity index (χ1) is 44.2. The van der Waals surface area contributed by atoms with Crippen molar-refractivity contribution >= 4 is 128 Å². The van der Waals surface area contributed by atoms with Crippen molar-refractivity contribution in [2.45, 2.75) is 0 Å². The second-order valence-electron chi connectivity index (χ2n) is 23.0. The first-order valence-electron chi connectivity index (χ1n) is 30.1. The van der Waals surface area contributed by atoms with Crippen LogP contribution in [0.5, 0.6) is 0 Å². The molecular weight excluding hydrogens is 1110 g/mol. The van der Waals surface area contributed by atoms with Crippen LogP contribution in [-0.4, -0.2) is 55.1 Å². The number of nitrogens with zero attached hydrogens (tertiary/aromatic N) is 10. The topological polar surface area (TPSA) is 80.1 Å². The molecule has 7 heterocycles. The Morgan fingerprint density at radius 3 is 1.16 bits per heavy atom. The summed E-state index contributed by atoms with van der Waals surface area (Å²) in [5.74, 6) is 2.87. The van der Waals surface area contributed by atoms with Gasteiger partial charge < -0.3 is 0 Å². The van der Waals surface area contributed by atoms with E-state index in [1.807, 2.05) is 0 Å². The van der Waals surface area contributed by atoms with E-state index in [4.69, 9.17) is 19.9 Å². The second-order valence-corrected chi connectivity index (χ2v) is 26.8. The van der Waals surface area contributed by atoms with Gasteiger partial charge in [-0.25, -0.2) is 15.0 Å². The Bertz CT molecular complexity index is 5660. The van der Waals surface area contributed by atoms with Crippen molar-refractivity contribution in [2.75, 3.05) is 0 Å². The summed E-state index contributed by atoms with van der Waals surface area (Å²) in [4.78, 5) is 23.3. The van der Waals surface area contributed by atoms with E-state index in [2.05, 4.69) is 330 Å². The van der Waals surface area contributed by atoms with Crippen LogP contribution in [0.1, 0.15) is 0 Å². The van der Waals surface area contributed by atoms with Gasteiger partial charge in [-0.1, -0.05) is 212 Å². The van der Waals surface area contributed by atoms with Crippen LogP contribution < -0.4 is 20.7 Å². The summed E-state index contributed by atoms with van der Waals surface area (Å²) in [6.07, 6.45) is 0. The Labute approximate surface area is 510 Å². The third-order valence-corrected chi connectivity index (χ3v) is 23.2. The van der Waals surface area contributed by atoms with Gasteiger partial charge in [0.15, 0.2) is 8.07 Å². The number of hydrogen-bond donors (Lipinski definition) is 0. The molecule has 0 N–H and O–H groups in total. The molecule has 0 saturated heterocycles. The maximum Gasteiger partial charge on any atom is 0.237 e. The predicted molar refractivity (Wildman–Crippen MR) is 366 cm³/mol. The highest BCUT2D eigenvalue weighted by molar-refractivity contribution is 7.20. The molecule has 0 spiro atoms. The minimum atomic E-state index is -3.00. The summed E-state index contributed by atoms with van der Waals surface area (Å²) in [7, 11) is -3.00. The van der Waals surface area contributed by atoms with Crippen LogP contribution in [0.2, 0.25) is 0 Å². The quantitative estimate of drug-likeness (QED) is 0.107. The summed E-state index contributed by atoms with van der Waals surface area (Å²) in [5, 5.41) is 9.43. The molecule has 0 bridgehead atoms. The summed E-state index contributed by atoms with van der Waals surface area (Å²) in [6.45, 7) is 0. The Balaban J connectivity index is 0.944. The zero-order valence-electron chi connectivity index (χ0n) is 47.8. The lowest BCUT2D eigenvalue weighted by atomic mass is 10.1. The summed E-state index contributed by atoms with van der Waals surface area (Å²) < 4.78 is 13.8. The Morgan fingerprint density at radius 2 is 0.663 bits per heavy atom. The van der Waals surface area contributed by atoms with E-state index in [9.17, 15) is 0 Å². The lowest BCUT2D eigenvalue weighted by Crippen LogP contribution is -2.74. The predicted octanol–water partition coefficient (Wildman–Crippen LogP) is 15.2. The zero-order chi connectivity index (χ0) is 58.3. The van der Waals surface area contributed by atoms with Gasteiger partial charge in [-0.05, 0) is 106 Å². The van der Waals surface area contributed by atoms with Crippen molar-refractivity contribution in [3.8, 4) is 34.4 Å². The highest BCUT2D eigenvalue weighted by Crippen LogP contribution is 2.42. The number of rotatable bonds is 9. The van der Waals surface area contributed by atoms with Crippen molar-refractivity contribution in [2.24, 2.45) is 0 Å². The highest BCUT2D eigenvalue weighted by Gasteiger charge is 2.41. The van der Waals surface area contributed by atoms with Gasteiger partial charge in [0.1, 0.15) is 16.9 Å². The molecule has 0 fully saturated rings. The van der Waals surface area contributed by atoms with Crippen molar-refractivity contribution in [3.63, 3.8) is 0 Å². The van der Waals surface area contributed by atoms with E-state index >= 15 is 0 Å². The standard InChI is InChI=1S/C78H50N10Si/c1-6-26-52(27-7-1)83-65-41-20-22-43-67(65)85-69-47-45-60-58-37-16-18-39-63(58)87(74(60)72(69)81-77(83)85)71-50-62(51-25-24-36-57(49-51)89(54-30-10-3-11-31-54,55-32-12-4-13-33-55)56-34-14-5-15-35-56)79-76(80-71)88-64-40-19-17-38-59(64)61-46-48-70-73(75(61)88)82-78-84(53-28-8-2-9-29-53)66-42-21-23-44-68(66)86(70)78/h1-50H. The van der Waals surface area contributed by atoms with Gasteiger partial charge in [-0.2, -0.15) is 4.98 Å². The third kappa shape index (κ3) is 7.01. The number of benzene rings is 12. The molecule has 11 heteroatoms. The molecule has 416 valence electrons. The van der Waals surface area contributed by atoms with E-state index in [1.54, 1.807) is 0 Å². The molecule has 0 radical (unpaired) electrons. The van der Waals surface area contributed by atoms with Crippen LogP contribution in [0, 0.1) is 0 Å². The van der Waals surface area contributed by atoms with Gasteiger partial charge in [-0.15, -0.1) is 0 Å². The van der Waals surface area contributed by atoms with Crippen LogP contribution in [0.25, 0.3) is 134 Å². The van der Waals surface area contributed by atoms with Gasteiger partial charge in [-0.3, -0.25) is 27.1 Å². The normalized spacial score (nSPS) is 12.3. The Kier molecular flexibility index (Phi) is 10.6. The smallest absolute Gasteiger partial charge is 0.237 e. The lowest BCUT2D eigenvalue weighted by Gasteiger charge is -2.34. The largest absolute Gasteiger partial charge is 0.291 e. The van der Waals surface area contributed by atoms with Crippen molar-refractivity contribution in [1.82, 2.24) is 47.0 Å². The van der Waals surface area contributed by atoms with Crippen molar-refractivity contribution in [1.29, 1.82) is 0 Å². The minimum Gasteiger partial charge on any atom is -0.291 e. The Hall–Kier alpha value is -11.9. The van der Waals surface area contributed by atoms with E-state index in [0.29, 0.717) is 11.8 Å². The third-order valence-electron chi connectivity index (χ3n) is 18.4. The molecule has 0 saturated carbocycles. The number of fused-ring (bicyclic) bond motifs is 18. The SMILES string of the molecule is c1ccc(-n2c3ccccc3n3c4ccc5c6ccccc6n(-c6cc(-c7cccc([Si](c8ccccc8)(c8ccccc8)c8ccccc8)c7)nc(-n7c8ccccc8c8ccc9c(nc%10n(-c%11ccccc%11)c%11ccccc%11n9%10)c87)n6)c5c4nc23)cc1. The van der Waals surface area contributed by atoms with Crippen LogP contribution in [0.3, 0.4) is 0 Å². The number of para-hydroxylation sites is 8.